The fraction of sp³-hybridized carbons (Fsp3) is 0.948. The number of ether oxygens (including phenoxy) is 6. The van der Waals surface area contributed by atoms with Crippen LogP contribution in [0.2, 0.25) is 145 Å². The second-order valence-electron chi connectivity index (χ2n) is 42.1. The molecule has 2 N–H and O–H groups in total. The van der Waals surface area contributed by atoms with Gasteiger partial charge in [0.2, 0.25) is 10.5 Å². The maximum Gasteiger partial charge on any atom is 0.335 e. The summed E-state index contributed by atoms with van der Waals surface area (Å²) >= 11 is 0. The number of allylic oxidation sites excluding steroid dienone is 2. The van der Waals surface area contributed by atoms with Crippen LogP contribution in [0.4, 0.5) is 0 Å². The summed E-state index contributed by atoms with van der Waals surface area (Å²) in [7, 11) is -17.0. The van der Waals surface area contributed by atoms with E-state index in [1.165, 1.54) is 5.57 Å². The van der Waals surface area contributed by atoms with Gasteiger partial charge in [-0.05, 0) is 249 Å². The van der Waals surface area contributed by atoms with Crippen molar-refractivity contribution in [3.8, 4) is 0 Å². The van der Waals surface area contributed by atoms with Gasteiger partial charge < -0.3 is 83.3 Å². The maximum atomic E-state index is 15.5. The van der Waals surface area contributed by atoms with Crippen molar-refractivity contribution in [2.75, 3.05) is 6.61 Å². The molecule has 0 amide bonds. The Morgan fingerprint density at radius 2 is 0.824 bits per heavy atom. The van der Waals surface area contributed by atoms with Crippen molar-refractivity contribution in [2.45, 2.75) is 522 Å². The van der Waals surface area contributed by atoms with Gasteiger partial charge in [-0.3, -0.25) is 4.79 Å². The lowest BCUT2D eigenvalue weighted by Crippen LogP contribution is -2.72. The molecule has 29 heteroatoms. The number of hydrogen-bond donors (Lipinski definition) is 2. The van der Waals surface area contributed by atoms with Crippen LogP contribution < -0.4 is 0 Å². The third-order valence-corrected chi connectivity index (χ3v) is 75.2. The minimum Gasteiger partial charge on any atom is -0.481 e. The van der Waals surface area contributed by atoms with E-state index in [0.717, 1.165) is 159 Å². The molecule has 0 bridgehead atoms. The van der Waals surface area contributed by atoms with E-state index in [-0.39, 0.29) is 35.2 Å². The number of aldehydes is 1. The number of carboxylic acid groups (broad SMARTS) is 2. The normalized spacial score (nSPS) is 36.3. The molecule has 0 aromatic heterocycles. The highest BCUT2D eigenvalue weighted by Crippen LogP contribution is 2.77. The largest absolute Gasteiger partial charge is 0.481 e. The van der Waals surface area contributed by atoms with Gasteiger partial charge >= 0.3 is 11.9 Å². The summed E-state index contributed by atoms with van der Waals surface area (Å²) in [5, 5.41) is 24.5. The number of carbonyl (C=O) groups excluding carboxylic acids is 1. The van der Waals surface area contributed by atoms with Gasteiger partial charge in [-0.25, -0.2) is 4.79 Å². The fourth-order valence-electron chi connectivity index (χ4n) is 26.3. The maximum absolute atomic E-state index is 15.5. The highest BCUT2D eigenvalue weighted by Gasteiger charge is 2.74. The fourth-order valence-corrected chi connectivity index (χ4v) is 49.2. The van der Waals surface area contributed by atoms with Gasteiger partial charge in [0, 0.05) is 0 Å². The van der Waals surface area contributed by atoms with Gasteiger partial charge in [0.05, 0.1) is 41.9 Å². The Bertz CT molecular complexity index is 3340. The minimum absolute atomic E-state index is 0.0679. The Morgan fingerprint density at radius 1 is 0.424 bits per heavy atom. The Kier molecular flexibility index (Phi) is 39.5. The van der Waals surface area contributed by atoms with E-state index in [4.69, 9.17) is 68.3 Å². The summed E-state index contributed by atoms with van der Waals surface area (Å²) in [4.78, 5) is 45.5. The van der Waals surface area contributed by atoms with Crippen LogP contribution in [0.25, 0.3) is 0 Å². The molecule has 20 nitrogen and oxygen atoms in total. The highest BCUT2D eigenvalue weighted by atomic mass is 28.4. The van der Waals surface area contributed by atoms with Crippen molar-refractivity contribution in [1.29, 1.82) is 0 Å². The van der Waals surface area contributed by atoms with Gasteiger partial charge in [0.1, 0.15) is 61.2 Å². The minimum atomic E-state index is -2.95. The lowest BCUT2D eigenvalue weighted by Gasteiger charge is -2.72. The summed E-state index contributed by atoms with van der Waals surface area (Å²) in [5.74, 6) is -2.31. The Morgan fingerprint density at radius 3 is 1.26 bits per heavy atom. The molecular weight excluding hydrogens is 1730 g/mol. The lowest BCUT2D eigenvalue weighted by molar-refractivity contribution is -0.390. The smallest absolute Gasteiger partial charge is 0.335 e. The van der Waals surface area contributed by atoms with Crippen LogP contribution in [0.15, 0.2) is 11.6 Å². The third kappa shape index (κ3) is 21.1. The van der Waals surface area contributed by atoms with Crippen LogP contribution in [0.5, 0.6) is 0 Å². The SMILES string of the molecule is CC[Si](CC)(CC)OC[C@H]1O[C@H](O[C@H]2[C@H](O[C@H]3CC[C@@]4(C)C(CC[C@]5(C)C4CC=C4C6CC(C)(C)CC[C@]6(C(=O)O)[C@H](O[Si](CC)(CC)CC)C[C@]45C)[C@]3(C)C=O)O[C@H](C(=O)O)[C@@H](O[Si](CC)(CC)CC)[C@@H]2O[C@@H]2O[C@@H](C)[C@@H](O[Si](CC)(CC)CC)[C@H](O[Si](CC)(CC)CC)[C@H]2O[Si])[C@H](O[Si](CC)(CC)CC)[C@@H](O[Si](CC)(CC)CC)[C@H]1O[Si](CC)(CC)CC. The Balaban J connectivity index is 1.43. The van der Waals surface area contributed by atoms with Crippen LogP contribution in [0.1, 0.15) is 272 Å². The zero-order valence-electron chi connectivity index (χ0n) is 85.0. The number of carboxylic acids is 2. The Labute approximate surface area is 773 Å². The van der Waals surface area contributed by atoms with E-state index < -0.39 is 204 Å². The molecule has 25 atom stereocenters. The summed E-state index contributed by atoms with van der Waals surface area (Å²) in [6, 6.07) is 20.3. The van der Waals surface area contributed by atoms with Gasteiger partial charge in [0.25, 0.3) is 0 Å². The molecule has 7 fully saturated rings. The molecule has 0 spiro atoms. The standard InChI is InChI=1S/C96H185O20Si9/c1-32-118(33-2,34-3)102-66-71-77(112-121(41-10,42-11)43-12)80(114-123(47-16,48-17)49-18)85(116-125(53-22,54-23)55-24)89(104-71)108-83-78(106-88-84(109-117)79(113-122(44-13,45-14)46-15)76(68(25)103-88)111-120(38-7,39-8)40-9)81(115-124(50-19,51-20)52-21)82(86(98)99)107-87(83)105-74-59-60-92(28)72(93(74,29)67-97)58-61-94(30)73(92)57-56-69-70-64-91(26,27)62-63-96(70,90(100)101)75(65-95(69,94)31)110-119(35-4,36-5)37-6/h56,67-68,70-85,87-89H,32-55,57-66H2,1-31H3,(H,98,99)(H,100,101)/t68-,70?,71+,72?,73?,74-,75+,76+,77-,78-,79-,80-,81-,82-,83+,84+,85+,87+,88-,89+,92-,93-,94+,95+,96+/m0/s1. The second-order valence-corrected chi connectivity index (χ2v) is 80.1. The van der Waals surface area contributed by atoms with Gasteiger partial charge in [0.15, 0.2) is 91.5 Å². The van der Waals surface area contributed by atoms with Gasteiger partial charge in [-0.1, -0.05) is 219 Å². The topological polar surface area (TPSA) is 230 Å². The molecule has 8 rings (SSSR count). The zero-order valence-corrected chi connectivity index (χ0v) is 94.0. The predicted molar refractivity (Wildman–Crippen MR) is 525 cm³/mol. The molecular formula is C96H185O20Si9. The molecule has 0 aromatic carbocycles. The molecule has 3 radical (unpaired) electrons. The lowest BCUT2D eigenvalue weighted by atomic mass is 9.33. The average molecular weight is 1910 g/mol. The number of aliphatic carboxylic acids is 2. The van der Waals surface area contributed by atoms with E-state index >= 15 is 9.59 Å². The van der Waals surface area contributed by atoms with E-state index in [2.05, 4.69) is 231 Å². The molecule has 8 aliphatic rings. The molecule has 725 valence electrons. The monoisotopic (exact) mass is 1910 g/mol. The molecule has 3 heterocycles. The molecule has 5 aliphatic carbocycles. The van der Waals surface area contributed by atoms with E-state index in [1.54, 1.807) is 0 Å². The summed E-state index contributed by atoms with van der Waals surface area (Å²) < 4.78 is 118. The molecule has 3 unspecified atom stereocenters. The highest BCUT2D eigenvalue weighted by molar-refractivity contribution is 6.76. The Hall–Kier alpha value is -0.298. The second kappa shape index (κ2) is 44.9. The van der Waals surface area contributed by atoms with Gasteiger partial charge in [-0.15, -0.1) is 0 Å². The number of carbonyl (C=O) groups is 3. The first-order chi connectivity index (χ1) is 59.1. The quantitative estimate of drug-likeness (QED) is 0.0249. The van der Waals surface area contributed by atoms with Crippen LogP contribution in [-0.4, -0.2) is 216 Å². The van der Waals surface area contributed by atoms with E-state index in [0.29, 0.717) is 50.2 Å². The third-order valence-electron chi connectivity index (χ3n) is 37.8. The molecule has 125 heavy (non-hydrogen) atoms. The van der Waals surface area contributed by atoms with Crippen molar-refractivity contribution in [1.82, 2.24) is 0 Å². The van der Waals surface area contributed by atoms with Crippen LogP contribution in [0.3, 0.4) is 0 Å². The van der Waals surface area contributed by atoms with Crippen molar-refractivity contribution in [2.24, 2.45) is 50.2 Å². The first-order valence-corrected chi connectivity index (χ1v) is 72.0. The first-order valence-electron chi connectivity index (χ1n) is 51.4. The zero-order chi connectivity index (χ0) is 93.3. The first kappa shape index (κ1) is 110. The summed E-state index contributed by atoms with van der Waals surface area (Å²) in [6.07, 6.45) is -7.44. The van der Waals surface area contributed by atoms with Crippen molar-refractivity contribution in [3.63, 3.8) is 0 Å². The number of fused-ring (bicyclic) bond motifs is 7. The van der Waals surface area contributed by atoms with E-state index in [9.17, 15) is 15.0 Å². The summed E-state index contributed by atoms with van der Waals surface area (Å²) in [5.41, 5.74) is -2.18. The molecule has 3 aliphatic heterocycles. The van der Waals surface area contributed by atoms with Crippen LogP contribution >= 0.6 is 0 Å². The van der Waals surface area contributed by atoms with Crippen LogP contribution in [-0.2, 0) is 82.6 Å². The van der Waals surface area contributed by atoms with Crippen LogP contribution in [0, 0.1) is 50.2 Å². The predicted octanol–water partition coefficient (Wildman–Crippen LogP) is 24.3. The molecule has 4 saturated carbocycles. The number of rotatable bonds is 51. The molecule has 3 saturated heterocycles. The van der Waals surface area contributed by atoms with Gasteiger partial charge in [-0.2, -0.15) is 0 Å². The van der Waals surface area contributed by atoms with Crippen molar-refractivity contribution in [3.05, 3.63) is 11.6 Å². The average Bonchev–Trinajstić information content (AvgIpc) is 0.667. The van der Waals surface area contributed by atoms with Crippen molar-refractivity contribution >= 4 is 95.2 Å². The van der Waals surface area contributed by atoms with Crippen molar-refractivity contribution < 1.29 is 92.9 Å². The number of hydrogen-bond acceptors (Lipinski definition) is 18. The summed E-state index contributed by atoms with van der Waals surface area (Å²) in [6.45, 7) is 70.5. The molecule has 0 aromatic rings. The van der Waals surface area contributed by atoms with E-state index in [1.807, 2.05) is 0 Å².